The molecule has 1 heterocycles. The first-order valence-electron chi connectivity index (χ1n) is 9.48. The van der Waals surface area contributed by atoms with Crippen LogP contribution in [0.25, 0.3) is 0 Å². The average molecular weight is 427 g/mol. The standard InChI is InChI=1S/C23H20Cl2N2O2/c24-16-4-3-5-20(14-16)29-19-9-6-17(7-10-19)26-23(28)21-11-8-18(15-22(21)25)27-12-1-2-13-27/h3-11,14-15H,1-2,12-13H2,(H,26,28). The van der Waals surface area contributed by atoms with Crippen LogP contribution in [0.15, 0.2) is 66.7 Å². The van der Waals surface area contributed by atoms with Gasteiger partial charge in [0.25, 0.3) is 5.91 Å². The molecule has 0 radical (unpaired) electrons. The number of nitrogens with one attached hydrogen (secondary N) is 1. The second kappa shape index (κ2) is 8.76. The number of rotatable bonds is 5. The van der Waals surface area contributed by atoms with Gasteiger partial charge in [-0.2, -0.15) is 0 Å². The van der Waals surface area contributed by atoms with E-state index in [0.717, 1.165) is 18.8 Å². The summed E-state index contributed by atoms with van der Waals surface area (Å²) in [6.45, 7) is 2.07. The first kappa shape index (κ1) is 19.6. The molecule has 0 saturated carbocycles. The van der Waals surface area contributed by atoms with Crippen LogP contribution in [0.5, 0.6) is 11.5 Å². The number of amides is 1. The maximum absolute atomic E-state index is 12.6. The molecule has 1 amide bonds. The van der Waals surface area contributed by atoms with Crippen LogP contribution in [0, 0.1) is 0 Å². The van der Waals surface area contributed by atoms with E-state index in [2.05, 4.69) is 10.2 Å². The van der Waals surface area contributed by atoms with Crippen LogP contribution in [0.1, 0.15) is 23.2 Å². The van der Waals surface area contributed by atoms with Gasteiger partial charge in [-0.15, -0.1) is 0 Å². The van der Waals surface area contributed by atoms with Crippen molar-refractivity contribution in [1.29, 1.82) is 0 Å². The molecule has 0 aliphatic carbocycles. The molecule has 4 nitrogen and oxygen atoms in total. The second-order valence-corrected chi connectivity index (χ2v) is 7.74. The van der Waals surface area contributed by atoms with Crippen molar-refractivity contribution in [2.24, 2.45) is 0 Å². The van der Waals surface area contributed by atoms with Crippen molar-refractivity contribution >= 4 is 40.5 Å². The van der Waals surface area contributed by atoms with Gasteiger partial charge in [0.1, 0.15) is 11.5 Å². The Bertz CT molecular complexity index is 1020. The zero-order valence-corrected chi connectivity index (χ0v) is 17.2. The smallest absolute Gasteiger partial charge is 0.257 e. The molecule has 1 saturated heterocycles. The van der Waals surface area contributed by atoms with E-state index in [1.165, 1.54) is 12.8 Å². The summed E-state index contributed by atoms with van der Waals surface area (Å²) in [5, 5.41) is 3.94. The summed E-state index contributed by atoms with van der Waals surface area (Å²) in [4.78, 5) is 14.9. The largest absolute Gasteiger partial charge is 0.457 e. The van der Waals surface area contributed by atoms with E-state index in [1.54, 1.807) is 42.5 Å². The van der Waals surface area contributed by atoms with Gasteiger partial charge in [0.05, 0.1) is 10.6 Å². The minimum atomic E-state index is -0.244. The Hall–Kier alpha value is -2.69. The zero-order chi connectivity index (χ0) is 20.2. The molecule has 0 aromatic heterocycles. The Balaban J connectivity index is 1.41. The third-order valence-electron chi connectivity index (χ3n) is 4.81. The molecule has 29 heavy (non-hydrogen) atoms. The Kier molecular flexibility index (Phi) is 5.93. The van der Waals surface area contributed by atoms with Crippen LogP contribution in [0.4, 0.5) is 11.4 Å². The number of nitrogens with zero attached hydrogens (tertiary/aromatic N) is 1. The van der Waals surface area contributed by atoms with Gasteiger partial charge in [0.2, 0.25) is 0 Å². The molecular weight excluding hydrogens is 407 g/mol. The van der Waals surface area contributed by atoms with Gasteiger partial charge in [0, 0.05) is 29.5 Å². The highest BCUT2D eigenvalue weighted by molar-refractivity contribution is 6.34. The lowest BCUT2D eigenvalue weighted by Crippen LogP contribution is -2.18. The number of carbonyl (C=O) groups is 1. The molecule has 0 atom stereocenters. The van der Waals surface area contributed by atoms with Gasteiger partial charge in [0.15, 0.2) is 0 Å². The minimum Gasteiger partial charge on any atom is -0.457 e. The number of ether oxygens (including phenoxy) is 1. The van der Waals surface area contributed by atoms with Crippen molar-refractivity contribution in [1.82, 2.24) is 0 Å². The first-order valence-corrected chi connectivity index (χ1v) is 10.2. The fraction of sp³-hybridized carbons (Fsp3) is 0.174. The second-order valence-electron chi connectivity index (χ2n) is 6.90. The van der Waals surface area contributed by atoms with Gasteiger partial charge in [-0.1, -0.05) is 29.3 Å². The van der Waals surface area contributed by atoms with Gasteiger partial charge < -0.3 is 15.0 Å². The van der Waals surface area contributed by atoms with E-state index in [-0.39, 0.29) is 5.91 Å². The molecule has 3 aromatic carbocycles. The highest BCUT2D eigenvalue weighted by atomic mass is 35.5. The number of anilines is 2. The monoisotopic (exact) mass is 426 g/mol. The normalized spacial score (nSPS) is 13.4. The Morgan fingerprint density at radius 1 is 0.897 bits per heavy atom. The summed E-state index contributed by atoms with van der Waals surface area (Å²) in [6, 6.07) is 19.9. The molecular formula is C23H20Cl2N2O2. The van der Waals surface area contributed by atoms with Crippen molar-refractivity contribution in [3.63, 3.8) is 0 Å². The average Bonchev–Trinajstić information content (AvgIpc) is 3.24. The van der Waals surface area contributed by atoms with Crippen molar-refractivity contribution in [3.05, 3.63) is 82.3 Å². The van der Waals surface area contributed by atoms with Crippen LogP contribution >= 0.6 is 23.2 Å². The van der Waals surface area contributed by atoms with Crippen LogP contribution in [0.2, 0.25) is 10.0 Å². The lowest BCUT2D eigenvalue weighted by Gasteiger charge is -2.18. The highest BCUT2D eigenvalue weighted by Crippen LogP contribution is 2.28. The highest BCUT2D eigenvalue weighted by Gasteiger charge is 2.16. The summed E-state index contributed by atoms with van der Waals surface area (Å²) < 4.78 is 5.76. The fourth-order valence-electron chi connectivity index (χ4n) is 3.33. The third-order valence-corrected chi connectivity index (χ3v) is 5.36. The van der Waals surface area contributed by atoms with Gasteiger partial charge in [-0.05, 0) is 73.5 Å². The lowest BCUT2D eigenvalue weighted by molar-refractivity contribution is 0.102. The summed E-state index contributed by atoms with van der Waals surface area (Å²) >= 11 is 12.3. The lowest BCUT2D eigenvalue weighted by atomic mass is 10.1. The number of carbonyl (C=O) groups excluding carboxylic acids is 1. The zero-order valence-electron chi connectivity index (χ0n) is 15.7. The molecule has 6 heteroatoms. The Morgan fingerprint density at radius 3 is 2.34 bits per heavy atom. The molecule has 1 aliphatic heterocycles. The molecule has 0 bridgehead atoms. The van der Waals surface area contributed by atoms with Crippen LogP contribution in [-0.4, -0.2) is 19.0 Å². The summed E-state index contributed by atoms with van der Waals surface area (Å²) in [5.74, 6) is 1.06. The van der Waals surface area contributed by atoms with E-state index in [1.807, 2.05) is 24.3 Å². The van der Waals surface area contributed by atoms with Gasteiger partial charge in [-0.3, -0.25) is 4.79 Å². The minimum absolute atomic E-state index is 0.244. The van der Waals surface area contributed by atoms with Gasteiger partial charge >= 0.3 is 0 Å². The van der Waals surface area contributed by atoms with Crippen molar-refractivity contribution in [2.45, 2.75) is 12.8 Å². The van der Waals surface area contributed by atoms with Crippen LogP contribution in [-0.2, 0) is 0 Å². The Morgan fingerprint density at radius 2 is 1.66 bits per heavy atom. The fourth-order valence-corrected chi connectivity index (χ4v) is 3.77. The number of benzene rings is 3. The molecule has 1 aliphatic rings. The summed E-state index contributed by atoms with van der Waals surface area (Å²) in [7, 11) is 0. The molecule has 4 rings (SSSR count). The quantitative estimate of drug-likeness (QED) is 0.496. The van der Waals surface area contributed by atoms with Gasteiger partial charge in [-0.25, -0.2) is 0 Å². The molecule has 3 aromatic rings. The molecule has 1 fully saturated rings. The summed E-state index contributed by atoms with van der Waals surface area (Å²) in [6.07, 6.45) is 2.38. The van der Waals surface area contributed by atoms with Crippen molar-refractivity contribution in [3.8, 4) is 11.5 Å². The van der Waals surface area contributed by atoms with E-state index >= 15 is 0 Å². The predicted octanol–water partition coefficient (Wildman–Crippen LogP) is 6.64. The third kappa shape index (κ3) is 4.84. The number of hydrogen-bond acceptors (Lipinski definition) is 3. The Labute approximate surface area is 180 Å². The van der Waals surface area contributed by atoms with Crippen LogP contribution < -0.4 is 15.0 Å². The van der Waals surface area contributed by atoms with Crippen molar-refractivity contribution < 1.29 is 9.53 Å². The maximum atomic E-state index is 12.6. The molecule has 148 valence electrons. The topological polar surface area (TPSA) is 41.6 Å². The SMILES string of the molecule is O=C(Nc1ccc(Oc2cccc(Cl)c2)cc1)c1ccc(N2CCCC2)cc1Cl. The summed E-state index contributed by atoms with van der Waals surface area (Å²) in [5.41, 5.74) is 2.17. The van der Waals surface area contributed by atoms with Crippen molar-refractivity contribution in [2.75, 3.05) is 23.3 Å². The van der Waals surface area contributed by atoms with E-state index in [9.17, 15) is 4.79 Å². The maximum Gasteiger partial charge on any atom is 0.257 e. The van der Waals surface area contributed by atoms with E-state index in [4.69, 9.17) is 27.9 Å². The molecule has 1 N–H and O–H groups in total. The van der Waals surface area contributed by atoms with Crippen LogP contribution in [0.3, 0.4) is 0 Å². The first-order chi connectivity index (χ1) is 14.1. The molecule has 0 unspecified atom stereocenters. The molecule has 0 spiro atoms. The predicted molar refractivity (Wildman–Crippen MR) is 119 cm³/mol. The number of halogens is 2. The van der Waals surface area contributed by atoms with E-state index in [0.29, 0.717) is 32.8 Å². The van der Waals surface area contributed by atoms with E-state index < -0.39 is 0 Å². The number of hydrogen-bond donors (Lipinski definition) is 1.